The van der Waals surface area contributed by atoms with Gasteiger partial charge in [-0.2, -0.15) is 0 Å². The quantitative estimate of drug-likeness (QED) is 0.919. The summed E-state index contributed by atoms with van der Waals surface area (Å²) in [5.41, 5.74) is 6.71. The number of amides is 1. The van der Waals surface area contributed by atoms with Gasteiger partial charge in [0.2, 0.25) is 0 Å². The van der Waals surface area contributed by atoms with E-state index in [1.54, 1.807) is 0 Å². The Morgan fingerprint density at radius 3 is 2.89 bits per heavy atom. The Bertz CT molecular complexity index is 633. The monoisotopic (exact) mass is 324 g/mol. The Kier molecular flexibility index (Phi) is 2.83. The zero-order chi connectivity index (χ0) is 12.9. The molecule has 94 valence electrons. The molecule has 0 aliphatic heterocycles. The van der Waals surface area contributed by atoms with Gasteiger partial charge in [-0.3, -0.25) is 4.79 Å². The highest BCUT2D eigenvalue weighted by Crippen LogP contribution is 2.37. The molecule has 1 aromatic carbocycles. The Morgan fingerprint density at radius 2 is 2.22 bits per heavy atom. The van der Waals surface area contributed by atoms with Crippen LogP contribution < -0.4 is 5.73 Å². The van der Waals surface area contributed by atoms with Crippen LogP contribution in [-0.2, 0) is 0 Å². The molecule has 18 heavy (non-hydrogen) atoms. The molecule has 5 heteroatoms. The van der Waals surface area contributed by atoms with Crippen LogP contribution in [0, 0.1) is 0 Å². The number of carbonyl (C=O) groups excluding carboxylic acids is 1. The summed E-state index contributed by atoms with van der Waals surface area (Å²) in [7, 11) is 1.86. The van der Waals surface area contributed by atoms with E-state index in [0.29, 0.717) is 16.6 Å². The van der Waals surface area contributed by atoms with Crippen molar-refractivity contribution in [2.75, 3.05) is 12.8 Å². The third-order valence-electron chi connectivity index (χ3n) is 3.30. The van der Waals surface area contributed by atoms with Gasteiger partial charge in [-0.05, 0) is 25.0 Å². The van der Waals surface area contributed by atoms with Gasteiger partial charge in [-0.25, -0.2) is 0 Å². The van der Waals surface area contributed by atoms with Crippen LogP contribution in [0.1, 0.15) is 22.5 Å². The number of nitrogen functional groups attached to an aromatic ring is 1. The first kappa shape index (κ1) is 12.0. The average Bonchev–Trinajstić information content (AvgIpc) is 3.13. The van der Waals surface area contributed by atoms with Crippen molar-refractivity contribution in [1.82, 2.24) is 4.90 Å². The number of rotatable bonds is 2. The highest BCUT2D eigenvalue weighted by atomic mass is 79.9. The van der Waals surface area contributed by atoms with E-state index in [-0.39, 0.29) is 5.91 Å². The summed E-state index contributed by atoms with van der Waals surface area (Å²) in [4.78, 5) is 14.8. The number of thiophene rings is 1. The number of nitrogens with zero attached hydrogens (tertiary/aromatic N) is 1. The number of benzene rings is 1. The Hall–Kier alpha value is -1.07. The second-order valence-corrected chi connectivity index (χ2v) is 6.60. The third kappa shape index (κ3) is 1.91. The molecule has 0 saturated heterocycles. The molecular weight excluding hydrogens is 312 g/mol. The fourth-order valence-corrected chi connectivity index (χ4v) is 3.69. The molecule has 0 radical (unpaired) electrons. The minimum atomic E-state index is 0.0484. The molecular formula is C13H13BrN2OS. The van der Waals surface area contributed by atoms with Gasteiger partial charge < -0.3 is 10.6 Å². The first-order chi connectivity index (χ1) is 8.58. The lowest BCUT2D eigenvalue weighted by molar-refractivity contribution is 0.0791. The van der Waals surface area contributed by atoms with E-state index in [4.69, 9.17) is 5.73 Å². The van der Waals surface area contributed by atoms with Crippen molar-refractivity contribution < 1.29 is 4.79 Å². The van der Waals surface area contributed by atoms with Crippen LogP contribution in [-0.4, -0.2) is 23.9 Å². The zero-order valence-electron chi connectivity index (χ0n) is 9.94. The Morgan fingerprint density at radius 1 is 1.50 bits per heavy atom. The Balaban J connectivity index is 2.06. The number of anilines is 1. The molecule has 3 nitrogen and oxygen atoms in total. The van der Waals surface area contributed by atoms with Gasteiger partial charge in [0.05, 0.1) is 5.69 Å². The number of nitrogens with two attached hydrogens (primary N) is 1. The normalized spacial score (nSPS) is 15.0. The van der Waals surface area contributed by atoms with E-state index in [2.05, 4.69) is 15.9 Å². The van der Waals surface area contributed by atoms with E-state index in [1.807, 2.05) is 30.1 Å². The smallest absolute Gasteiger partial charge is 0.266 e. The molecule has 1 aliphatic carbocycles. The highest BCUT2D eigenvalue weighted by molar-refractivity contribution is 9.10. The predicted molar refractivity (Wildman–Crippen MR) is 79.1 cm³/mol. The number of halogens is 1. The maximum absolute atomic E-state index is 12.3. The summed E-state index contributed by atoms with van der Waals surface area (Å²) >= 11 is 4.91. The summed E-state index contributed by atoms with van der Waals surface area (Å²) in [5.74, 6) is 0.0484. The first-order valence-electron chi connectivity index (χ1n) is 5.82. The lowest BCUT2D eigenvalue weighted by Crippen LogP contribution is -2.28. The topological polar surface area (TPSA) is 46.3 Å². The minimum Gasteiger partial charge on any atom is -0.397 e. The van der Waals surface area contributed by atoms with Crippen LogP contribution >= 0.6 is 27.3 Å². The van der Waals surface area contributed by atoms with E-state index in [0.717, 1.165) is 27.4 Å². The SMILES string of the molecule is CN(C(=O)c1sc2cc(Br)ccc2c1N)C1CC1. The van der Waals surface area contributed by atoms with Gasteiger partial charge in [0, 0.05) is 27.6 Å². The van der Waals surface area contributed by atoms with Crippen molar-refractivity contribution in [2.45, 2.75) is 18.9 Å². The summed E-state index contributed by atoms with van der Waals surface area (Å²) in [6, 6.07) is 6.32. The number of hydrogen-bond donors (Lipinski definition) is 1. The van der Waals surface area contributed by atoms with Gasteiger partial charge in [0.1, 0.15) is 4.88 Å². The molecule has 0 bridgehead atoms. The Labute approximate surface area is 118 Å². The van der Waals surface area contributed by atoms with E-state index in [9.17, 15) is 4.79 Å². The summed E-state index contributed by atoms with van der Waals surface area (Å²) < 4.78 is 2.06. The van der Waals surface area contributed by atoms with Crippen LogP contribution in [0.2, 0.25) is 0 Å². The summed E-state index contributed by atoms with van der Waals surface area (Å²) in [5, 5.41) is 0.968. The molecule has 1 saturated carbocycles. The lowest BCUT2D eigenvalue weighted by atomic mass is 10.2. The largest absolute Gasteiger partial charge is 0.397 e. The average molecular weight is 325 g/mol. The van der Waals surface area contributed by atoms with Crippen LogP contribution in [0.15, 0.2) is 22.7 Å². The van der Waals surface area contributed by atoms with Crippen molar-refractivity contribution in [2.24, 2.45) is 0 Å². The van der Waals surface area contributed by atoms with Gasteiger partial charge in [-0.15, -0.1) is 11.3 Å². The molecule has 1 aromatic heterocycles. The summed E-state index contributed by atoms with van der Waals surface area (Å²) in [6.45, 7) is 0. The first-order valence-corrected chi connectivity index (χ1v) is 7.43. The maximum atomic E-state index is 12.3. The fourth-order valence-electron chi connectivity index (χ4n) is 2.04. The van der Waals surface area contributed by atoms with Crippen molar-refractivity contribution in [3.05, 3.63) is 27.5 Å². The van der Waals surface area contributed by atoms with E-state index >= 15 is 0 Å². The van der Waals surface area contributed by atoms with Crippen molar-refractivity contribution >= 4 is 48.9 Å². The third-order valence-corrected chi connectivity index (χ3v) is 4.95. The van der Waals surface area contributed by atoms with Gasteiger partial charge in [-0.1, -0.05) is 22.0 Å². The maximum Gasteiger partial charge on any atom is 0.266 e. The molecule has 0 unspecified atom stereocenters. The summed E-state index contributed by atoms with van der Waals surface area (Å²) in [6.07, 6.45) is 2.22. The van der Waals surface area contributed by atoms with Gasteiger partial charge in [0.15, 0.2) is 0 Å². The van der Waals surface area contributed by atoms with Crippen LogP contribution in [0.3, 0.4) is 0 Å². The number of hydrogen-bond acceptors (Lipinski definition) is 3. The molecule has 1 heterocycles. The standard InChI is InChI=1S/C13H13BrN2OS/c1-16(8-3-4-8)13(17)12-11(15)9-5-2-7(14)6-10(9)18-12/h2,5-6,8H,3-4,15H2,1H3. The molecule has 2 N–H and O–H groups in total. The highest BCUT2D eigenvalue weighted by Gasteiger charge is 2.31. The van der Waals surface area contributed by atoms with E-state index < -0.39 is 0 Å². The van der Waals surface area contributed by atoms with Crippen LogP contribution in [0.4, 0.5) is 5.69 Å². The minimum absolute atomic E-state index is 0.0484. The number of carbonyl (C=O) groups is 1. The van der Waals surface area contributed by atoms with Crippen molar-refractivity contribution in [1.29, 1.82) is 0 Å². The van der Waals surface area contributed by atoms with Crippen molar-refractivity contribution in [3.8, 4) is 0 Å². The van der Waals surface area contributed by atoms with Gasteiger partial charge >= 0.3 is 0 Å². The molecule has 0 spiro atoms. The molecule has 3 rings (SSSR count). The zero-order valence-corrected chi connectivity index (χ0v) is 12.3. The fraction of sp³-hybridized carbons (Fsp3) is 0.308. The molecule has 0 atom stereocenters. The lowest BCUT2D eigenvalue weighted by Gasteiger charge is -2.15. The van der Waals surface area contributed by atoms with Crippen LogP contribution in [0.5, 0.6) is 0 Å². The van der Waals surface area contributed by atoms with Crippen LogP contribution in [0.25, 0.3) is 10.1 Å². The second-order valence-electron chi connectivity index (χ2n) is 4.63. The molecule has 1 amide bonds. The molecule has 2 aromatic rings. The predicted octanol–water partition coefficient (Wildman–Crippen LogP) is 3.48. The molecule has 1 fully saturated rings. The van der Waals surface area contributed by atoms with E-state index in [1.165, 1.54) is 11.3 Å². The second kappa shape index (κ2) is 4.24. The van der Waals surface area contributed by atoms with Gasteiger partial charge in [0.25, 0.3) is 5.91 Å². The molecule has 1 aliphatic rings. The number of fused-ring (bicyclic) bond motifs is 1. The van der Waals surface area contributed by atoms with Crippen molar-refractivity contribution in [3.63, 3.8) is 0 Å².